The van der Waals surface area contributed by atoms with Crippen LogP contribution in [-0.2, 0) is 15.8 Å². The molecule has 2 amide bonds. The highest BCUT2D eigenvalue weighted by Gasteiger charge is 2.44. The van der Waals surface area contributed by atoms with Gasteiger partial charge >= 0.3 is 6.18 Å². The largest absolute Gasteiger partial charge is 0.416 e. The molecule has 5 nitrogen and oxygen atoms in total. The van der Waals surface area contributed by atoms with Crippen molar-refractivity contribution in [3.05, 3.63) is 64.7 Å². The lowest BCUT2D eigenvalue weighted by Gasteiger charge is -2.11. The Morgan fingerprint density at radius 1 is 1.03 bits per heavy atom. The molecule has 0 heterocycles. The number of anilines is 1. The highest BCUT2D eigenvalue weighted by atomic mass is 19.4. The maximum atomic E-state index is 12.6. The smallest absolute Gasteiger partial charge is 0.376 e. The molecule has 2 unspecified atom stereocenters. The number of hydrogen-bond donors (Lipinski definition) is 3. The highest BCUT2D eigenvalue weighted by molar-refractivity contribution is 5.87. The van der Waals surface area contributed by atoms with Crippen molar-refractivity contribution in [2.24, 2.45) is 5.92 Å². The average Bonchev–Trinajstić information content (AvgIpc) is 3.46. The second kappa shape index (κ2) is 8.14. The quantitative estimate of drug-likeness (QED) is 0.665. The molecule has 0 spiro atoms. The molecule has 154 valence electrons. The Bertz CT molecular complexity index is 910. The number of hydrazine groups is 1. The third-order valence-electron chi connectivity index (χ3n) is 4.94. The summed E-state index contributed by atoms with van der Waals surface area (Å²) in [7, 11) is 0. The van der Waals surface area contributed by atoms with Crippen LogP contribution in [0.1, 0.15) is 34.6 Å². The van der Waals surface area contributed by atoms with Crippen LogP contribution >= 0.6 is 0 Å². The molecule has 8 heteroatoms. The van der Waals surface area contributed by atoms with Gasteiger partial charge in [-0.3, -0.25) is 20.4 Å². The van der Waals surface area contributed by atoms with Crippen molar-refractivity contribution >= 4 is 17.5 Å². The zero-order chi connectivity index (χ0) is 21.2. The van der Waals surface area contributed by atoms with Gasteiger partial charge < -0.3 is 5.32 Å². The Morgan fingerprint density at radius 2 is 1.72 bits per heavy atom. The van der Waals surface area contributed by atoms with Crippen LogP contribution in [0.2, 0.25) is 0 Å². The van der Waals surface area contributed by atoms with Crippen LogP contribution in [0.5, 0.6) is 0 Å². The Kier molecular flexibility index (Phi) is 5.81. The van der Waals surface area contributed by atoms with Crippen LogP contribution < -0.4 is 16.2 Å². The van der Waals surface area contributed by atoms with Crippen molar-refractivity contribution in [1.29, 1.82) is 0 Å². The van der Waals surface area contributed by atoms with E-state index in [-0.39, 0.29) is 24.3 Å². The van der Waals surface area contributed by atoms with Gasteiger partial charge in [-0.1, -0.05) is 29.8 Å². The van der Waals surface area contributed by atoms with Crippen molar-refractivity contribution in [2.45, 2.75) is 32.4 Å². The Labute approximate surface area is 166 Å². The number of aryl methyl sites for hydroxylation is 2. The Balaban J connectivity index is 1.44. The third-order valence-corrected chi connectivity index (χ3v) is 4.94. The van der Waals surface area contributed by atoms with Crippen LogP contribution in [0.3, 0.4) is 0 Å². The molecule has 29 heavy (non-hydrogen) atoms. The van der Waals surface area contributed by atoms with Gasteiger partial charge in [0.2, 0.25) is 5.91 Å². The second-order valence-corrected chi connectivity index (χ2v) is 7.28. The van der Waals surface area contributed by atoms with Crippen LogP contribution in [0, 0.1) is 19.8 Å². The summed E-state index contributed by atoms with van der Waals surface area (Å²) in [6, 6.07) is 10.6. The van der Waals surface area contributed by atoms with E-state index in [0.717, 1.165) is 28.9 Å². The number of halogens is 3. The molecule has 1 saturated carbocycles. The SMILES string of the molecule is Cc1ccc(NCC(=O)NNC(=O)C2CC2c2ccc(C(F)(F)F)cc2)c(C)c1. The van der Waals surface area contributed by atoms with Crippen molar-refractivity contribution in [2.75, 3.05) is 11.9 Å². The van der Waals surface area contributed by atoms with Crippen molar-refractivity contribution in [3.8, 4) is 0 Å². The summed E-state index contributed by atoms with van der Waals surface area (Å²) >= 11 is 0. The normalized spacial score (nSPS) is 18.1. The number of rotatable bonds is 5. The number of carbonyl (C=O) groups is 2. The zero-order valence-electron chi connectivity index (χ0n) is 16.1. The number of benzene rings is 2. The first-order valence-electron chi connectivity index (χ1n) is 9.22. The summed E-state index contributed by atoms with van der Waals surface area (Å²) in [6.07, 6.45) is -3.85. The molecule has 1 fully saturated rings. The molecular formula is C21H22F3N3O2. The highest BCUT2D eigenvalue weighted by Crippen LogP contribution is 2.47. The number of amides is 2. The lowest BCUT2D eigenvalue weighted by molar-refractivity contribution is -0.137. The topological polar surface area (TPSA) is 70.2 Å². The fourth-order valence-electron chi connectivity index (χ4n) is 3.23. The zero-order valence-corrected chi connectivity index (χ0v) is 16.1. The number of hydrogen-bond acceptors (Lipinski definition) is 3. The van der Waals surface area contributed by atoms with Gasteiger partial charge in [0, 0.05) is 11.6 Å². The van der Waals surface area contributed by atoms with Gasteiger partial charge in [0.1, 0.15) is 0 Å². The molecule has 3 rings (SSSR count). The van der Waals surface area contributed by atoms with Gasteiger partial charge in [0.05, 0.1) is 12.1 Å². The average molecular weight is 405 g/mol. The standard InChI is InChI=1S/C21H22F3N3O2/c1-12-3-8-18(13(2)9-12)25-11-19(28)26-27-20(29)17-10-16(17)14-4-6-15(7-5-14)21(22,23)24/h3-9,16-17,25H,10-11H2,1-2H3,(H,26,28)(H,27,29). The van der Waals surface area contributed by atoms with Crippen molar-refractivity contribution < 1.29 is 22.8 Å². The monoisotopic (exact) mass is 405 g/mol. The van der Waals surface area contributed by atoms with Gasteiger partial charge in [0.25, 0.3) is 5.91 Å². The lowest BCUT2D eigenvalue weighted by Crippen LogP contribution is -2.45. The second-order valence-electron chi connectivity index (χ2n) is 7.28. The molecule has 2 aromatic rings. The van der Waals surface area contributed by atoms with E-state index >= 15 is 0 Å². The fraction of sp³-hybridized carbons (Fsp3) is 0.333. The molecule has 0 saturated heterocycles. The van der Waals surface area contributed by atoms with E-state index in [0.29, 0.717) is 12.0 Å². The first kappa shape index (κ1) is 20.7. The van der Waals surface area contributed by atoms with E-state index in [2.05, 4.69) is 16.2 Å². The van der Waals surface area contributed by atoms with Gasteiger partial charge in [-0.05, 0) is 55.5 Å². The van der Waals surface area contributed by atoms with Gasteiger partial charge in [-0.15, -0.1) is 0 Å². The predicted molar refractivity (Wildman–Crippen MR) is 103 cm³/mol. The predicted octanol–water partition coefficient (Wildman–Crippen LogP) is 3.69. The molecule has 0 aromatic heterocycles. The van der Waals surface area contributed by atoms with Crippen molar-refractivity contribution in [1.82, 2.24) is 10.9 Å². The Morgan fingerprint density at radius 3 is 2.34 bits per heavy atom. The van der Waals surface area contributed by atoms with E-state index in [1.165, 1.54) is 12.1 Å². The molecule has 2 aromatic carbocycles. The minimum Gasteiger partial charge on any atom is -0.376 e. The fourth-order valence-corrected chi connectivity index (χ4v) is 3.23. The molecule has 0 bridgehead atoms. The minimum absolute atomic E-state index is 0.00280. The molecule has 1 aliphatic rings. The van der Waals surface area contributed by atoms with Gasteiger partial charge in [-0.2, -0.15) is 13.2 Å². The molecule has 0 radical (unpaired) electrons. The third kappa shape index (κ3) is 5.28. The molecule has 1 aliphatic carbocycles. The summed E-state index contributed by atoms with van der Waals surface area (Å²) in [4.78, 5) is 24.1. The van der Waals surface area contributed by atoms with E-state index < -0.39 is 17.6 Å². The summed E-state index contributed by atoms with van der Waals surface area (Å²) < 4.78 is 37.9. The van der Waals surface area contributed by atoms with Crippen LogP contribution in [0.15, 0.2) is 42.5 Å². The Hall–Kier alpha value is -3.03. The maximum Gasteiger partial charge on any atom is 0.416 e. The minimum atomic E-state index is -4.38. The lowest BCUT2D eigenvalue weighted by atomic mass is 10.1. The molecule has 2 atom stereocenters. The summed E-state index contributed by atoms with van der Waals surface area (Å²) in [5, 5.41) is 3.01. The van der Waals surface area contributed by atoms with E-state index in [4.69, 9.17) is 0 Å². The van der Waals surface area contributed by atoms with E-state index in [9.17, 15) is 22.8 Å². The molecular weight excluding hydrogens is 383 g/mol. The number of carbonyl (C=O) groups excluding carboxylic acids is 2. The first-order valence-corrected chi connectivity index (χ1v) is 9.22. The molecule has 3 N–H and O–H groups in total. The van der Waals surface area contributed by atoms with Crippen molar-refractivity contribution in [3.63, 3.8) is 0 Å². The maximum absolute atomic E-state index is 12.6. The van der Waals surface area contributed by atoms with Gasteiger partial charge in [-0.25, -0.2) is 0 Å². The molecule has 0 aliphatic heterocycles. The van der Waals surface area contributed by atoms with Crippen LogP contribution in [-0.4, -0.2) is 18.4 Å². The van der Waals surface area contributed by atoms with Crippen LogP contribution in [0.25, 0.3) is 0 Å². The van der Waals surface area contributed by atoms with E-state index in [1.807, 2.05) is 32.0 Å². The van der Waals surface area contributed by atoms with E-state index in [1.54, 1.807) is 0 Å². The number of nitrogens with one attached hydrogen (secondary N) is 3. The summed E-state index contributed by atoms with van der Waals surface area (Å²) in [5.74, 6) is -1.25. The summed E-state index contributed by atoms with van der Waals surface area (Å²) in [6.45, 7) is 3.91. The van der Waals surface area contributed by atoms with Crippen LogP contribution in [0.4, 0.5) is 18.9 Å². The summed E-state index contributed by atoms with van der Waals surface area (Å²) in [5.41, 5.74) is 7.67. The number of alkyl halides is 3. The van der Waals surface area contributed by atoms with Gasteiger partial charge in [0.15, 0.2) is 0 Å². The first-order chi connectivity index (χ1) is 13.6.